The molecule has 5 rings (SSSR count). The third kappa shape index (κ3) is 2.86. The van der Waals surface area contributed by atoms with Crippen molar-refractivity contribution in [2.75, 3.05) is 0 Å². The fourth-order valence-electron chi connectivity index (χ4n) is 3.44. The van der Waals surface area contributed by atoms with Gasteiger partial charge in [0, 0.05) is 6.07 Å². The van der Waals surface area contributed by atoms with Crippen LogP contribution in [0.25, 0.3) is 33.9 Å². The van der Waals surface area contributed by atoms with Crippen LogP contribution in [0.1, 0.15) is 12.5 Å². The molecule has 5 aromatic rings. The Morgan fingerprint density at radius 3 is 2.41 bits per heavy atom. The Morgan fingerprint density at radius 1 is 0.897 bits per heavy atom. The van der Waals surface area contributed by atoms with Crippen molar-refractivity contribution in [3.05, 3.63) is 95.0 Å². The van der Waals surface area contributed by atoms with Crippen LogP contribution in [0.2, 0.25) is 0 Å². The number of aryl methyl sites for hydroxylation is 1. The molecule has 0 unspecified atom stereocenters. The summed E-state index contributed by atoms with van der Waals surface area (Å²) in [6, 6.07) is 21.3. The van der Waals surface area contributed by atoms with Crippen LogP contribution in [0.3, 0.4) is 0 Å². The maximum atomic E-state index is 13.1. The predicted octanol–water partition coefficient (Wildman–Crippen LogP) is 4.39. The van der Waals surface area contributed by atoms with Crippen LogP contribution in [-0.2, 0) is 6.42 Å². The molecule has 0 spiro atoms. The van der Waals surface area contributed by atoms with Crippen LogP contribution in [0, 0.1) is 0 Å². The summed E-state index contributed by atoms with van der Waals surface area (Å²) in [7, 11) is 0. The third-order valence-electron chi connectivity index (χ3n) is 4.97. The van der Waals surface area contributed by atoms with Crippen LogP contribution in [0.15, 0.2) is 88.4 Å². The highest BCUT2D eigenvalue weighted by Gasteiger charge is 2.19. The van der Waals surface area contributed by atoms with Crippen molar-refractivity contribution < 1.29 is 4.42 Å². The molecule has 0 radical (unpaired) electrons. The normalized spacial score (nSPS) is 11.2. The fraction of sp³-hybridized carbons (Fsp3) is 0.0870. The van der Waals surface area contributed by atoms with Gasteiger partial charge in [0.05, 0.1) is 29.5 Å². The quantitative estimate of drug-likeness (QED) is 0.462. The van der Waals surface area contributed by atoms with E-state index in [0.717, 1.165) is 17.8 Å². The molecule has 0 saturated carbocycles. The van der Waals surface area contributed by atoms with Crippen molar-refractivity contribution in [3.63, 3.8) is 0 Å². The topological polar surface area (TPSA) is 65.8 Å². The minimum absolute atomic E-state index is 0.260. The van der Waals surface area contributed by atoms with Crippen LogP contribution in [-0.4, -0.2) is 19.6 Å². The molecule has 3 aromatic heterocycles. The Hall–Kier alpha value is -3.93. The first-order valence-corrected chi connectivity index (χ1v) is 9.46. The Labute approximate surface area is 166 Å². The number of para-hydroxylation sites is 1. The Bertz CT molecular complexity index is 1350. The molecule has 29 heavy (non-hydrogen) atoms. The van der Waals surface area contributed by atoms with Gasteiger partial charge >= 0.3 is 0 Å². The zero-order chi connectivity index (χ0) is 19.8. The molecule has 6 nitrogen and oxygen atoms in total. The van der Waals surface area contributed by atoms with E-state index >= 15 is 0 Å². The maximum Gasteiger partial charge on any atom is 0.252 e. The van der Waals surface area contributed by atoms with Crippen molar-refractivity contribution in [2.24, 2.45) is 0 Å². The number of benzene rings is 2. The van der Waals surface area contributed by atoms with Gasteiger partial charge in [-0.25, -0.2) is 9.36 Å². The first kappa shape index (κ1) is 17.2. The Kier molecular flexibility index (Phi) is 4.09. The van der Waals surface area contributed by atoms with E-state index in [4.69, 9.17) is 9.52 Å². The average molecular weight is 382 g/mol. The molecule has 142 valence electrons. The minimum Gasteiger partial charge on any atom is -0.458 e. The number of hydrogen-bond donors (Lipinski definition) is 0. The summed E-state index contributed by atoms with van der Waals surface area (Å²) < 4.78 is 9.00. The molecule has 0 N–H and O–H groups in total. The summed E-state index contributed by atoms with van der Waals surface area (Å²) in [4.78, 5) is 13.1. The SMILES string of the molecule is CCc1ccc(-n2nc(-c3ccnn3-c3ccccc3)c(=O)c3occc32)cc1. The molecule has 3 heterocycles. The van der Waals surface area contributed by atoms with E-state index in [2.05, 4.69) is 24.2 Å². The minimum atomic E-state index is -0.260. The van der Waals surface area contributed by atoms with Crippen molar-refractivity contribution in [1.29, 1.82) is 0 Å². The first-order chi connectivity index (χ1) is 14.3. The van der Waals surface area contributed by atoms with E-state index in [-0.39, 0.29) is 16.7 Å². The van der Waals surface area contributed by atoms with Crippen LogP contribution >= 0.6 is 0 Å². The van der Waals surface area contributed by atoms with E-state index in [0.29, 0.717) is 11.2 Å². The van der Waals surface area contributed by atoms with Gasteiger partial charge in [-0.05, 0) is 42.3 Å². The van der Waals surface area contributed by atoms with E-state index < -0.39 is 0 Å². The van der Waals surface area contributed by atoms with Gasteiger partial charge < -0.3 is 4.42 Å². The van der Waals surface area contributed by atoms with E-state index in [1.165, 1.54) is 11.8 Å². The number of nitrogens with zero attached hydrogens (tertiary/aromatic N) is 4. The first-order valence-electron chi connectivity index (χ1n) is 9.46. The summed E-state index contributed by atoms with van der Waals surface area (Å²) in [6.45, 7) is 2.11. The molecule has 0 saturated heterocycles. The van der Waals surface area contributed by atoms with Crippen LogP contribution in [0.5, 0.6) is 0 Å². The molecule has 0 bridgehead atoms. The number of rotatable bonds is 4. The van der Waals surface area contributed by atoms with Gasteiger partial charge in [-0.3, -0.25) is 4.79 Å². The molecule has 0 aliphatic rings. The number of furan rings is 1. The van der Waals surface area contributed by atoms with Crippen LogP contribution in [0.4, 0.5) is 0 Å². The molecule has 0 aliphatic heterocycles. The fourth-order valence-corrected chi connectivity index (χ4v) is 3.44. The summed E-state index contributed by atoms with van der Waals surface area (Å²) in [5.41, 5.74) is 4.49. The summed E-state index contributed by atoms with van der Waals surface area (Å²) in [6.07, 6.45) is 4.14. The highest BCUT2D eigenvalue weighted by atomic mass is 16.3. The Morgan fingerprint density at radius 2 is 1.66 bits per heavy atom. The van der Waals surface area contributed by atoms with E-state index in [1.807, 2.05) is 42.5 Å². The second kappa shape index (κ2) is 6.91. The Balaban J connectivity index is 1.75. The summed E-state index contributed by atoms with van der Waals surface area (Å²) in [5, 5.41) is 9.11. The van der Waals surface area contributed by atoms with Crippen molar-refractivity contribution in [1.82, 2.24) is 19.6 Å². The lowest BCUT2D eigenvalue weighted by atomic mass is 10.1. The molecular weight excluding hydrogens is 364 g/mol. The number of aromatic nitrogens is 4. The van der Waals surface area contributed by atoms with Gasteiger partial charge in [0.15, 0.2) is 5.69 Å². The second-order valence-corrected chi connectivity index (χ2v) is 6.71. The molecular formula is C23H18N4O2. The van der Waals surface area contributed by atoms with Crippen LogP contribution < -0.4 is 5.43 Å². The smallest absolute Gasteiger partial charge is 0.252 e. The van der Waals surface area contributed by atoms with Crippen molar-refractivity contribution >= 4 is 11.1 Å². The third-order valence-corrected chi connectivity index (χ3v) is 4.97. The monoisotopic (exact) mass is 382 g/mol. The lowest BCUT2D eigenvalue weighted by molar-refractivity contribution is 0.610. The molecule has 0 atom stereocenters. The van der Waals surface area contributed by atoms with Crippen molar-refractivity contribution in [2.45, 2.75) is 13.3 Å². The zero-order valence-corrected chi connectivity index (χ0v) is 15.8. The number of hydrogen-bond acceptors (Lipinski definition) is 4. The second-order valence-electron chi connectivity index (χ2n) is 6.71. The van der Waals surface area contributed by atoms with E-state index in [1.54, 1.807) is 27.7 Å². The van der Waals surface area contributed by atoms with Gasteiger partial charge in [-0.15, -0.1) is 0 Å². The lowest BCUT2D eigenvalue weighted by Gasteiger charge is -2.11. The number of fused-ring (bicyclic) bond motifs is 1. The van der Waals surface area contributed by atoms with Gasteiger partial charge in [0.2, 0.25) is 5.58 Å². The predicted molar refractivity (Wildman–Crippen MR) is 112 cm³/mol. The lowest BCUT2D eigenvalue weighted by Crippen LogP contribution is -2.16. The highest BCUT2D eigenvalue weighted by molar-refractivity contribution is 5.78. The highest BCUT2D eigenvalue weighted by Crippen LogP contribution is 2.23. The zero-order valence-electron chi connectivity index (χ0n) is 15.8. The summed E-state index contributed by atoms with van der Waals surface area (Å²) >= 11 is 0. The van der Waals surface area contributed by atoms with Gasteiger partial charge in [0.1, 0.15) is 5.52 Å². The molecule has 0 fully saturated rings. The molecule has 0 aliphatic carbocycles. The van der Waals surface area contributed by atoms with Crippen molar-refractivity contribution in [3.8, 4) is 22.8 Å². The largest absolute Gasteiger partial charge is 0.458 e. The molecule has 0 amide bonds. The summed E-state index contributed by atoms with van der Waals surface area (Å²) in [5.74, 6) is 0. The van der Waals surface area contributed by atoms with Gasteiger partial charge in [0.25, 0.3) is 5.43 Å². The maximum absolute atomic E-state index is 13.1. The average Bonchev–Trinajstić information content (AvgIpc) is 3.45. The standard InChI is InChI=1S/C23H18N4O2/c1-2-16-8-10-18(11-9-16)27-20-13-15-29-23(20)22(28)21(25-27)19-12-14-24-26(19)17-6-4-3-5-7-17/h3-15H,2H2,1H3. The molecule has 6 heteroatoms. The van der Waals surface area contributed by atoms with Gasteiger partial charge in [-0.1, -0.05) is 37.3 Å². The van der Waals surface area contributed by atoms with Gasteiger partial charge in [-0.2, -0.15) is 10.2 Å². The van der Waals surface area contributed by atoms with E-state index in [9.17, 15) is 4.79 Å². The molecule has 2 aromatic carbocycles.